The molecule has 0 radical (unpaired) electrons. The van der Waals surface area contributed by atoms with Crippen LogP contribution in [0.25, 0.3) is 22.3 Å². The van der Waals surface area contributed by atoms with Crippen molar-refractivity contribution in [2.75, 3.05) is 6.54 Å². The fourth-order valence-electron chi connectivity index (χ4n) is 3.47. The van der Waals surface area contributed by atoms with E-state index in [4.69, 9.17) is 0 Å². The van der Waals surface area contributed by atoms with Crippen molar-refractivity contribution in [3.05, 3.63) is 94.9 Å². The van der Waals surface area contributed by atoms with Crippen molar-refractivity contribution in [2.24, 2.45) is 0 Å². The number of hydrogen-bond acceptors (Lipinski definition) is 5. The first-order chi connectivity index (χ1) is 16.3. The minimum absolute atomic E-state index is 0.0944. The second-order valence-corrected chi connectivity index (χ2v) is 8.22. The number of aryl methyl sites for hydroxylation is 1. The van der Waals surface area contributed by atoms with Gasteiger partial charge in [-0.25, -0.2) is 22.9 Å². The monoisotopic (exact) mass is 484 g/mol. The molecule has 0 aliphatic heterocycles. The van der Waals surface area contributed by atoms with Gasteiger partial charge >= 0.3 is 0 Å². The van der Waals surface area contributed by atoms with Crippen molar-refractivity contribution in [3.8, 4) is 11.3 Å². The Hall–Kier alpha value is -3.47. The number of carbonyl (C=O) groups excluding carboxylic acids is 1. The number of nitrogens with zero attached hydrogens (tertiary/aromatic N) is 2. The largest absolute Gasteiger partial charge is 0.760 e. The quantitative estimate of drug-likeness (QED) is 0.229. The molecule has 10 heteroatoms. The number of nitrogens with one attached hydrogen (secondary N) is 1. The third kappa shape index (κ3) is 5.36. The van der Waals surface area contributed by atoms with Gasteiger partial charge in [0.15, 0.2) is 17.4 Å². The van der Waals surface area contributed by atoms with Gasteiger partial charge in [0, 0.05) is 28.9 Å². The molecule has 0 saturated heterocycles. The molecule has 1 aromatic heterocycles. The fraction of sp³-hybridized carbons (Fsp3) is 0.125. The molecule has 0 bridgehead atoms. The highest BCUT2D eigenvalue weighted by atomic mass is 32.2. The maximum Gasteiger partial charge on any atom is 0.196 e. The molecule has 6 nitrogen and oxygen atoms in total. The zero-order valence-corrected chi connectivity index (χ0v) is 18.4. The van der Waals surface area contributed by atoms with Gasteiger partial charge in [-0.05, 0) is 73.0 Å². The lowest BCUT2D eigenvalue weighted by Gasteiger charge is -2.10. The maximum absolute atomic E-state index is 14.5. The van der Waals surface area contributed by atoms with E-state index in [9.17, 15) is 26.7 Å². The summed E-state index contributed by atoms with van der Waals surface area (Å²) in [6, 6.07) is 12.4. The molecule has 1 unspecified atom stereocenters. The second-order valence-electron chi connectivity index (χ2n) is 7.47. The molecule has 1 N–H and O–H groups in total. The van der Waals surface area contributed by atoms with Crippen LogP contribution in [0.15, 0.2) is 60.8 Å². The summed E-state index contributed by atoms with van der Waals surface area (Å²) in [5.74, 6) is -3.55. The van der Waals surface area contributed by atoms with E-state index in [0.717, 1.165) is 6.07 Å². The average Bonchev–Trinajstić information content (AvgIpc) is 2.83. The van der Waals surface area contributed by atoms with Gasteiger partial charge in [-0.2, -0.15) is 0 Å². The number of fused-ring (bicyclic) bond motifs is 1. The summed E-state index contributed by atoms with van der Waals surface area (Å²) in [5.41, 5.74) is 1.97. The SMILES string of the molecule is O=C(c1ccc2ncc(-c3ccc(F)cc3)nc2c1)c1cc(CCCNS(=O)[O-])cc(F)c1F. The van der Waals surface area contributed by atoms with Crippen LogP contribution in [-0.4, -0.2) is 31.1 Å². The van der Waals surface area contributed by atoms with Crippen molar-refractivity contribution in [2.45, 2.75) is 12.8 Å². The first-order valence-corrected chi connectivity index (χ1v) is 11.3. The Morgan fingerprint density at radius 3 is 2.50 bits per heavy atom. The molecular weight excluding hydrogens is 467 g/mol. The molecule has 0 saturated carbocycles. The molecule has 1 atom stereocenters. The third-order valence-corrected chi connectivity index (χ3v) is 5.58. The van der Waals surface area contributed by atoms with Crippen molar-refractivity contribution >= 4 is 28.1 Å². The average molecular weight is 484 g/mol. The number of hydrogen-bond donors (Lipinski definition) is 1. The molecule has 0 amide bonds. The van der Waals surface area contributed by atoms with E-state index < -0.39 is 40.1 Å². The molecule has 4 aromatic rings. The molecule has 174 valence electrons. The molecule has 0 fully saturated rings. The molecule has 1 heterocycles. The minimum atomic E-state index is -2.41. The van der Waals surface area contributed by atoms with Crippen LogP contribution < -0.4 is 4.72 Å². The lowest BCUT2D eigenvalue weighted by molar-refractivity contribution is 0.103. The van der Waals surface area contributed by atoms with Gasteiger partial charge < -0.3 is 4.55 Å². The Morgan fingerprint density at radius 2 is 1.76 bits per heavy atom. The summed E-state index contributed by atoms with van der Waals surface area (Å²) in [7, 11) is 0. The molecule has 4 rings (SSSR count). The number of rotatable bonds is 8. The molecule has 0 aliphatic rings. The zero-order chi connectivity index (χ0) is 24.2. The van der Waals surface area contributed by atoms with Crippen LogP contribution in [0.2, 0.25) is 0 Å². The van der Waals surface area contributed by atoms with Crippen molar-refractivity contribution in [1.29, 1.82) is 0 Å². The van der Waals surface area contributed by atoms with E-state index in [2.05, 4.69) is 14.7 Å². The summed E-state index contributed by atoms with van der Waals surface area (Å²) >= 11 is -2.41. The van der Waals surface area contributed by atoms with Gasteiger partial charge in [-0.15, -0.1) is 0 Å². The number of carbonyl (C=O) groups is 1. The van der Waals surface area contributed by atoms with Gasteiger partial charge in [0.05, 0.1) is 28.5 Å². The first-order valence-electron chi connectivity index (χ1n) is 10.2. The Labute approximate surface area is 195 Å². The lowest BCUT2D eigenvalue weighted by Crippen LogP contribution is -2.18. The number of ketones is 1. The summed E-state index contributed by atoms with van der Waals surface area (Å²) in [5, 5.41) is 0. The normalized spacial score (nSPS) is 12.1. The lowest BCUT2D eigenvalue weighted by atomic mass is 9.98. The van der Waals surface area contributed by atoms with E-state index in [1.54, 1.807) is 18.2 Å². The highest BCUT2D eigenvalue weighted by Crippen LogP contribution is 2.23. The predicted octanol–water partition coefficient (Wildman–Crippen LogP) is 4.26. The molecule has 0 spiro atoms. The van der Waals surface area contributed by atoms with Crippen LogP contribution in [0.3, 0.4) is 0 Å². The summed E-state index contributed by atoms with van der Waals surface area (Å²) < 4.78 is 65.1. The van der Waals surface area contributed by atoms with E-state index in [0.29, 0.717) is 34.3 Å². The topological polar surface area (TPSA) is 95.0 Å². The molecular formula is C24H17F3N3O3S-. The maximum atomic E-state index is 14.5. The molecule has 34 heavy (non-hydrogen) atoms. The standard InChI is InChI=1S/C24H18F3N3O3S/c25-17-6-3-15(4-7-17)22-13-28-20-8-5-16(12-21(20)30-22)24(31)18-10-14(11-19(26)23(18)27)2-1-9-29-34(32)33/h3-8,10-13,29H,1-2,9H2,(H,32,33)/p-1. The molecule has 0 aliphatic carbocycles. The van der Waals surface area contributed by atoms with E-state index in [-0.39, 0.29) is 18.5 Å². The van der Waals surface area contributed by atoms with E-state index in [1.807, 2.05) is 0 Å². The Bertz CT molecular complexity index is 1400. The number of benzene rings is 3. The smallest absolute Gasteiger partial charge is 0.196 e. The number of aromatic nitrogens is 2. The second kappa shape index (κ2) is 10.2. The van der Waals surface area contributed by atoms with Gasteiger partial charge in [-0.1, -0.05) is 0 Å². The van der Waals surface area contributed by atoms with Crippen molar-refractivity contribution in [3.63, 3.8) is 0 Å². The molecule has 3 aromatic carbocycles. The highest BCUT2D eigenvalue weighted by molar-refractivity contribution is 7.77. The van der Waals surface area contributed by atoms with E-state index in [1.165, 1.54) is 36.5 Å². The van der Waals surface area contributed by atoms with Gasteiger partial charge in [0.2, 0.25) is 0 Å². The van der Waals surface area contributed by atoms with Crippen molar-refractivity contribution < 1.29 is 26.7 Å². The Kier molecular flexibility index (Phi) is 7.11. The van der Waals surface area contributed by atoms with Crippen LogP contribution in [0.5, 0.6) is 0 Å². The summed E-state index contributed by atoms with van der Waals surface area (Å²) in [6.45, 7) is 0.123. The zero-order valence-electron chi connectivity index (χ0n) is 17.6. The van der Waals surface area contributed by atoms with Gasteiger partial charge in [0.25, 0.3) is 0 Å². The number of halogens is 3. The van der Waals surface area contributed by atoms with Gasteiger partial charge in [-0.3, -0.25) is 14.0 Å². The fourth-order valence-corrected chi connectivity index (χ4v) is 3.78. The summed E-state index contributed by atoms with van der Waals surface area (Å²) in [4.78, 5) is 21.8. The van der Waals surface area contributed by atoms with Crippen LogP contribution in [0.4, 0.5) is 13.2 Å². The van der Waals surface area contributed by atoms with Crippen LogP contribution in [-0.2, 0) is 17.7 Å². The van der Waals surface area contributed by atoms with Gasteiger partial charge in [0.1, 0.15) is 5.82 Å². The third-order valence-electron chi connectivity index (χ3n) is 5.14. The Balaban J connectivity index is 1.63. The Morgan fingerprint density at radius 1 is 1.00 bits per heavy atom. The summed E-state index contributed by atoms with van der Waals surface area (Å²) in [6.07, 6.45) is 2.10. The van der Waals surface area contributed by atoms with E-state index >= 15 is 0 Å². The van der Waals surface area contributed by atoms with Crippen molar-refractivity contribution in [1.82, 2.24) is 14.7 Å². The van der Waals surface area contributed by atoms with Crippen LogP contribution >= 0.6 is 0 Å². The predicted molar refractivity (Wildman–Crippen MR) is 120 cm³/mol. The van der Waals surface area contributed by atoms with Crippen LogP contribution in [0.1, 0.15) is 27.9 Å². The first kappa shape index (κ1) is 23.7. The highest BCUT2D eigenvalue weighted by Gasteiger charge is 2.19. The minimum Gasteiger partial charge on any atom is -0.760 e. The van der Waals surface area contributed by atoms with Crippen LogP contribution in [0, 0.1) is 17.5 Å².